The van der Waals surface area contributed by atoms with Crippen molar-refractivity contribution < 1.29 is 9.72 Å². The van der Waals surface area contributed by atoms with Gasteiger partial charge in [0.15, 0.2) is 0 Å². The Balaban J connectivity index is 2.83. The van der Waals surface area contributed by atoms with E-state index in [1.165, 1.54) is 6.07 Å². The van der Waals surface area contributed by atoms with Gasteiger partial charge in [-0.3, -0.25) is 14.9 Å². The molecule has 1 aromatic rings. The summed E-state index contributed by atoms with van der Waals surface area (Å²) in [6.07, 6.45) is 1.65. The Kier molecular flexibility index (Phi) is 5.20. The first-order valence-electron chi connectivity index (χ1n) is 5.82. The first-order chi connectivity index (χ1) is 8.95. The maximum Gasteiger partial charge on any atom is 0.274 e. The van der Waals surface area contributed by atoms with Gasteiger partial charge in [-0.25, -0.2) is 0 Å². The number of rotatable bonds is 6. The summed E-state index contributed by atoms with van der Waals surface area (Å²) in [4.78, 5) is 22.0. The molecule has 0 unspecified atom stereocenters. The van der Waals surface area contributed by atoms with Gasteiger partial charge in [-0.1, -0.05) is 6.08 Å². The van der Waals surface area contributed by atoms with Gasteiger partial charge in [0, 0.05) is 18.2 Å². The molecule has 0 bridgehead atoms. The Morgan fingerprint density at radius 1 is 1.42 bits per heavy atom. The Morgan fingerprint density at radius 3 is 2.68 bits per heavy atom. The minimum atomic E-state index is -0.458. The standard InChI is InChI=1S/C13H17N3O3/c1-4-5-14-8-13(17)15-11-7-12(16(18)19)10(3)6-9(11)2/h4,6-7,14H,1,5,8H2,2-3H3,(H,15,17). The molecule has 0 atom stereocenters. The molecule has 0 saturated heterocycles. The predicted octanol–water partition coefficient (Wildman–Crippen LogP) is 1.93. The first kappa shape index (κ1) is 14.8. The second kappa shape index (κ2) is 6.65. The molecule has 2 N–H and O–H groups in total. The minimum absolute atomic E-state index is 0.0000456. The highest BCUT2D eigenvalue weighted by Gasteiger charge is 2.14. The van der Waals surface area contributed by atoms with Crippen LogP contribution in [-0.4, -0.2) is 23.9 Å². The van der Waals surface area contributed by atoms with E-state index in [1.54, 1.807) is 26.0 Å². The molecule has 0 spiro atoms. The van der Waals surface area contributed by atoms with Crippen LogP contribution in [0.4, 0.5) is 11.4 Å². The van der Waals surface area contributed by atoms with Gasteiger partial charge in [0.05, 0.1) is 17.2 Å². The third-order valence-electron chi connectivity index (χ3n) is 2.59. The van der Waals surface area contributed by atoms with Crippen molar-refractivity contribution >= 4 is 17.3 Å². The third-order valence-corrected chi connectivity index (χ3v) is 2.59. The van der Waals surface area contributed by atoms with E-state index in [4.69, 9.17) is 0 Å². The monoisotopic (exact) mass is 263 g/mol. The van der Waals surface area contributed by atoms with Gasteiger partial charge in [-0.2, -0.15) is 0 Å². The Morgan fingerprint density at radius 2 is 2.11 bits per heavy atom. The molecule has 0 heterocycles. The van der Waals surface area contributed by atoms with Crippen LogP contribution in [0.25, 0.3) is 0 Å². The molecule has 0 fully saturated rings. The number of nitro groups is 1. The van der Waals surface area contributed by atoms with Crippen molar-refractivity contribution in [3.8, 4) is 0 Å². The predicted molar refractivity (Wildman–Crippen MR) is 74.3 cm³/mol. The topological polar surface area (TPSA) is 84.3 Å². The van der Waals surface area contributed by atoms with Crippen LogP contribution in [0.15, 0.2) is 24.8 Å². The van der Waals surface area contributed by atoms with Crippen molar-refractivity contribution in [2.45, 2.75) is 13.8 Å². The quantitative estimate of drug-likeness (QED) is 0.355. The van der Waals surface area contributed by atoms with Crippen molar-refractivity contribution in [3.63, 3.8) is 0 Å². The van der Waals surface area contributed by atoms with Gasteiger partial charge < -0.3 is 10.6 Å². The van der Waals surface area contributed by atoms with E-state index in [0.29, 0.717) is 17.8 Å². The summed E-state index contributed by atoms with van der Waals surface area (Å²) >= 11 is 0. The summed E-state index contributed by atoms with van der Waals surface area (Å²) in [7, 11) is 0. The number of amides is 1. The van der Waals surface area contributed by atoms with E-state index < -0.39 is 4.92 Å². The lowest BCUT2D eigenvalue weighted by Gasteiger charge is -2.10. The fourth-order valence-corrected chi connectivity index (χ4v) is 1.65. The summed E-state index contributed by atoms with van der Waals surface area (Å²) in [5, 5.41) is 16.4. The highest BCUT2D eigenvalue weighted by atomic mass is 16.6. The number of anilines is 1. The van der Waals surface area contributed by atoms with E-state index in [2.05, 4.69) is 17.2 Å². The zero-order valence-electron chi connectivity index (χ0n) is 11.0. The van der Waals surface area contributed by atoms with Crippen molar-refractivity contribution in [2.24, 2.45) is 0 Å². The number of hydrogen-bond donors (Lipinski definition) is 2. The number of nitro benzene ring substituents is 1. The Labute approximate surface area is 111 Å². The normalized spacial score (nSPS) is 10.0. The van der Waals surface area contributed by atoms with Gasteiger partial charge in [0.25, 0.3) is 5.69 Å². The summed E-state index contributed by atoms with van der Waals surface area (Å²) in [6, 6.07) is 3.07. The van der Waals surface area contributed by atoms with Crippen LogP contribution in [0, 0.1) is 24.0 Å². The maximum absolute atomic E-state index is 11.6. The average Bonchev–Trinajstić information content (AvgIpc) is 2.32. The zero-order chi connectivity index (χ0) is 14.4. The Hall–Kier alpha value is -2.21. The summed E-state index contributed by atoms with van der Waals surface area (Å²) in [5.74, 6) is -0.247. The molecule has 0 aliphatic heterocycles. The van der Waals surface area contributed by atoms with E-state index >= 15 is 0 Å². The number of nitrogens with one attached hydrogen (secondary N) is 2. The number of carbonyl (C=O) groups is 1. The molecule has 0 aliphatic rings. The SMILES string of the molecule is C=CCNCC(=O)Nc1cc([N+](=O)[O-])c(C)cc1C. The molecular formula is C13H17N3O3. The van der Waals surface area contributed by atoms with Crippen LogP contribution in [0.3, 0.4) is 0 Å². The van der Waals surface area contributed by atoms with Crippen LogP contribution < -0.4 is 10.6 Å². The molecule has 1 amide bonds. The third kappa shape index (κ3) is 4.18. The van der Waals surface area contributed by atoms with E-state index in [0.717, 1.165) is 5.56 Å². The molecule has 19 heavy (non-hydrogen) atoms. The fraction of sp³-hybridized carbons (Fsp3) is 0.308. The van der Waals surface area contributed by atoms with Crippen LogP contribution >= 0.6 is 0 Å². The van der Waals surface area contributed by atoms with E-state index in [9.17, 15) is 14.9 Å². The minimum Gasteiger partial charge on any atom is -0.324 e. The highest BCUT2D eigenvalue weighted by Crippen LogP contribution is 2.26. The lowest BCUT2D eigenvalue weighted by Crippen LogP contribution is -2.28. The van der Waals surface area contributed by atoms with Crippen molar-refractivity contribution in [1.29, 1.82) is 0 Å². The molecule has 102 valence electrons. The highest BCUT2D eigenvalue weighted by molar-refractivity contribution is 5.93. The van der Waals surface area contributed by atoms with Crippen LogP contribution in [-0.2, 0) is 4.79 Å². The number of carbonyl (C=O) groups excluding carboxylic acids is 1. The molecular weight excluding hydrogens is 246 g/mol. The molecule has 6 heteroatoms. The number of aryl methyl sites for hydroxylation is 2. The molecule has 0 radical (unpaired) electrons. The number of benzene rings is 1. The van der Waals surface area contributed by atoms with E-state index in [-0.39, 0.29) is 18.1 Å². The van der Waals surface area contributed by atoms with Crippen LogP contribution in [0.2, 0.25) is 0 Å². The zero-order valence-corrected chi connectivity index (χ0v) is 11.0. The molecule has 0 saturated carbocycles. The van der Waals surface area contributed by atoms with Gasteiger partial charge in [-0.15, -0.1) is 6.58 Å². The second-order valence-corrected chi connectivity index (χ2v) is 4.18. The van der Waals surface area contributed by atoms with Crippen LogP contribution in [0.5, 0.6) is 0 Å². The summed E-state index contributed by atoms with van der Waals surface area (Å²) in [5.41, 5.74) is 1.83. The molecule has 6 nitrogen and oxygen atoms in total. The van der Waals surface area contributed by atoms with Gasteiger partial charge in [0.2, 0.25) is 5.91 Å². The van der Waals surface area contributed by atoms with Gasteiger partial charge in [-0.05, 0) is 25.5 Å². The number of nitrogens with zero attached hydrogens (tertiary/aromatic N) is 1. The smallest absolute Gasteiger partial charge is 0.274 e. The number of hydrogen-bond acceptors (Lipinski definition) is 4. The summed E-state index contributed by atoms with van der Waals surface area (Å²) < 4.78 is 0. The lowest BCUT2D eigenvalue weighted by molar-refractivity contribution is -0.385. The van der Waals surface area contributed by atoms with Crippen LogP contribution in [0.1, 0.15) is 11.1 Å². The summed E-state index contributed by atoms with van der Waals surface area (Å²) in [6.45, 7) is 7.65. The molecule has 1 rings (SSSR count). The second-order valence-electron chi connectivity index (χ2n) is 4.18. The molecule has 1 aromatic carbocycles. The largest absolute Gasteiger partial charge is 0.324 e. The van der Waals surface area contributed by atoms with E-state index in [1.807, 2.05) is 0 Å². The van der Waals surface area contributed by atoms with Gasteiger partial charge in [0.1, 0.15) is 0 Å². The fourth-order valence-electron chi connectivity index (χ4n) is 1.65. The Bertz CT molecular complexity index is 512. The molecule has 0 aromatic heterocycles. The lowest BCUT2D eigenvalue weighted by atomic mass is 10.1. The maximum atomic E-state index is 11.6. The van der Waals surface area contributed by atoms with Gasteiger partial charge >= 0.3 is 0 Å². The van der Waals surface area contributed by atoms with Crippen molar-refractivity contribution in [3.05, 3.63) is 46.0 Å². The average molecular weight is 263 g/mol. The molecule has 0 aliphatic carbocycles. The first-order valence-corrected chi connectivity index (χ1v) is 5.82. The van der Waals surface area contributed by atoms with Crippen molar-refractivity contribution in [2.75, 3.05) is 18.4 Å². The van der Waals surface area contributed by atoms with Crippen molar-refractivity contribution in [1.82, 2.24) is 5.32 Å².